The van der Waals surface area contributed by atoms with Gasteiger partial charge in [-0.05, 0) is 35.9 Å². The number of hydrogen-bond donors (Lipinski definition) is 1. The van der Waals surface area contributed by atoms with Crippen LogP contribution >= 0.6 is 11.6 Å². The van der Waals surface area contributed by atoms with E-state index in [0.29, 0.717) is 21.9 Å². The molecule has 2 aromatic rings. The molecular formula is C14H12ClFO2. The number of rotatable bonds is 3. The summed E-state index contributed by atoms with van der Waals surface area (Å²) in [7, 11) is 1.54. The number of aliphatic hydroxyl groups is 1. The minimum atomic E-state index is -0.983. The van der Waals surface area contributed by atoms with Gasteiger partial charge in [0, 0.05) is 10.6 Å². The van der Waals surface area contributed by atoms with Gasteiger partial charge in [0.15, 0.2) is 0 Å². The van der Waals surface area contributed by atoms with Crippen molar-refractivity contribution in [3.05, 3.63) is 64.4 Å². The van der Waals surface area contributed by atoms with Crippen molar-refractivity contribution in [1.82, 2.24) is 0 Å². The van der Waals surface area contributed by atoms with Crippen LogP contribution in [-0.2, 0) is 0 Å². The lowest BCUT2D eigenvalue weighted by molar-refractivity contribution is 0.219. The third kappa shape index (κ3) is 2.63. The third-order valence-corrected chi connectivity index (χ3v) is 3.01. The summed E-state index contributed by atoms with van der Waals surface area (Å²) in [5.41, 5.74) is 0.937. The molecule has 0 radical (unpaired) electrons. The lowest BCUT2D eigenvalue weighted by Crippen LogP contribution is -2.01. The van der Waals surface area contributed by atoms with Gasteiger partial charge < -0.3 is 9.84 Å². The SMILES string of the molecule is COc1cccc(C(O)c2cc(F)ccc2Cl)c1. The van der Waals surface area contributed by atoms with Gasteiger partial charge in [0.1, 0.15) is 17.7 Å². The molecule has 0 fully saturated rings. The van der Waals surface area contributed by atoms with E-state index in [2.05, 4.69) is 0 Å². The maximum absolute atomic E-state index is 13.2. The van der Waals surface area contributed by atoms with Gasteiger partial charge in [0.05, 0.1) is 7.11 Å². The Balaban J connectivity index is 2.40. The maximum Gasteiger partial charge on any atom is 0.123 e. The van der Waals surface area contributed by atoms with E-state index in [-0.39, 0.29) is 0 Å². The summed E-state index contributed by atoms with van der Waals surface area (Å²) >= 11 is 5.96. The van der Waals surface area contributed by atoms with Crippen LogP contribution in [0.5, 0.6) is 5.75 Å². The van der Waals surface area contributed by atoms with Crippen molar-refractivity contribution < 1.29 is 14.2 Å². The Hall–Kier alpha value is -1.58. The van der Waals surface area contributed by atoms with E-state index in [4.69, 9.17) is 16.3 Å². The number of benzene rings is 2. The Bertz CT molecular complexity index is 557. The van der Waals surface area contributed by atoms with Gasteiger partial charge in [0.2, 0.25) is 0 Å². The Morgan fingerprint density at radius 2 is 2.00 bits per heavy atom. The minimum absolute atomic E-state index is 0.326. The largest absolute Gasteiger partial charge is 0.497 e. The molecule has 0 bridgehead atoms. The zero-order valence-corrected chi connectivity index (χ0v) is 10.5. The number of hydrogen-bond acceptors (Lipinski definition) is 2. The molecular weight excluding hydrogens is 255 g/mol. The highest BCUT2D eigenvalue weighted by molar-refractivity contribution is 6.31. The molecule has 0 spiro atoms. The van der Waals surface area contributed by atoms with Crippen molar-refractivity contribution in [2.45, 2.75) is 6.10 Å². The highest BCUT2D eigenvalue weighted by Gasteiger charge is 2.15. The molecule has 2 rings (SSSR count). The summed E-state index contributed by atoms with van der Waals surface area (Å²) in [4.78, 5) is 0. The Labute approximate surface area is 110 Å². The van der Waals surface area contributed by atoms with Crippen LogP contribution in [0.1, 0.15) is 17.2 Å². The molecule has 0 aliphatic rings. The Morgan fingerprint density at radius 3 is 2.72 bits per heavy atom. The van der Waals surface area contributed by atoms with E-state index in [0.717, 1.165) is 0 Å². The average Bonchev–Trinajstić information content (AvgIpc) is 2.41. The van der Waals surface area contributed by atoms with Gasteiger partial charge in [-0.1, -0.05) is 23.7 Å². The van der Waals surface area contributed by atoms with Crippen LogP contribution in [0.4, 0.5) is 4.39 Å². The molecule has 0 amide bonds. The second kappa shape index (κ2) is 5.38. The summed E-state index contributed by atoms with van der Waals surface area (Å²) in [6, 6.07) is 10.8. The van der Waals surface area contributed by atoms with E-state index in [1.54, 1.807) is 31.4 Å². The van der Waals surface area contributed by atoms with Gasteiger partial charge in [-0.2, -0.15) is 0 Å². The van der Waals surface area contributed by atoms with Crippen molar-refractivity contribution in [2.75, 3.05) is 7.11 Å². The second-order valence-electron chi connectivity index (χ2n) is 3.84. The summed E-state index contributed by atoms with van der Waals surface area (Å²) < 4.78 is 18.3. The maximum atomic E-state index is 13.2. The molecule has 0 aromatic heterocycles. The second-order valence-corrected chi connectivity index (χ2v) is 4.25. The predicted molar refractivity (Wildman–Crippen MR) is 68.5 cm³/mol. The topological polar surface area (TPSA) is 29.5 Å². The molecule has 0 aliphatic heterocycles. The fourth-order valence-corrected chi connectivity index (χ4v) is 1.94. The lowest BCUT2D eigenvalue weighted by atomic mass is 10.0. The summed E-state index contributed by atoms with van der Waals surface area (Å²) in [5, 5.41) is 10.5. The Morgan fingerprint density at radius 1 is 1.22 bits per heavy atom. The summed E-state index contributed by atoms with van der Waals surface area (Å²) in [6.07, 6.45) is -0.983. The molecule has 18 heavy (non-hydrogen) atoms. The standard InChI is InChI=1S/C14H12ClFO2/c1-18-11-4-2-3-9(7-11)14(17)12-8-10(16)5-6-13(12)15/h2-8,14,17H,1H3. The van der Waals surface area contributed by atoms with Crippen LogP contribution in [0.25, 0.3) is 0 Å². The van der Waals surface area contributed by atoms with Crippen molar-refractivity contribution in [3.8, 4) is 5.75 Å². The van der Waals surface area contributed by atoms with E-state index in [1.807, 2.05) is 0 Å². The molecule has 0 saturated heterocycles. The fourth-order valence-electron chi connectivity index (χ4n) is 1.72. The highest BCUT2D eigenvalue weighted by atomic mass is 35.5. The van der Waals surface area contributed by atoms with E-state index < -0.39 is 11.9 Å². The fraction of sp³-hybridized carbons (Fsp3) is 0.143. The van der Waals surface area contributed by atoms with Gasteiger partial charge >= 0.3 is 0 Å². The molecule has 94 valence electrons. The molecule has 1 unspecified atom stereocenters. The minimum Gasteiger partial charge on any atom is -0.497 e. The van der Waals surface area contributed by atoms with Gasteiger partial charge in [-0.3, -0.25) is 0 Å². The molecule has 0 heterocycles. The van der Waals surface area contributed by atoms with Crippen LogP contribution in [0, 0.1) is 5.82 Å². The highest BCUT2D eigenvalue weighted by Crippen LogP contribution is 2.30. The Kier molecular flexibility index (Phi) is 3.84. The van der Waals surface area contributed by atoms with Gasteiger partial charge in [0.25, 0.3) is 0 Å². The monoisotopic (exact) mass is 266 g/mol. The van der Waals surface area contributed by atoms with E-state index in [9.17, 15) is 9.50 Å². The smallest absolute Gasteiger partial charge is 0.123 e. The molecule has 0 saturated carbocycles. The zero-order valence-electron chi connectivity index (χ0n) is 9.73. The molecule has 1 N–H and O–H groups in total. The average molecular weight is 267 g/mol. The number of methoxy groups -OCH3 is 1. The number of halogens is 2. The number of aliphatic hydroxyl groups excluding tert-OH is 1. The predicted octanol–water partition coefficient (Wildman–Crippen LogP) is 3.57. The molecule has 2 aromatic carbocycles. The van der Waals surface area contributed by atoms with Gasteiger partial charge in [-0.25, -0.2) is 4.39 Å². The van der Waals surface area contributed by atoms with Crippen molar-refractivity contribution in [3.63, 3.8) is 0 Å². The van der Waals surface area contributed by atoms with Crippen molar-refractivity contribution in [2.24, 2.45) is 0 Å². The van der Waals surface area contributed by atoms with Crippen LogP contribution in [0.3, 0.4) is 0 Å². The zero-order chi connectivity index (χ0) is 13.1. The summed E-state index contributed by atoms with van der Waals surface area (Å²) in [6.45, 7) is 0. The van der Waals surface area contributed by atoms with Crippen LogP contribution < -0.4 is 4.74 Å². The molecule has 1 atom stereocenters. The first kappa shape index (κ1) is 12.9. The van der Waals surface area contributed by atoms with E-state index >= 15 is 0 Å². The first-order chi connectivity index (χ1) is 8.61. The van der Waals surface area contributed by atoms with Crippen molar-refractivity contribution in [1.29, 1.82) is 0 Å². The van der Waals surface area contributed by atoms with Crippen LogP contribution in [0.2, 0.25) is 5.02 Å². The normalized spacial score (nSPS) is 12.2. The van der Waals surface area contributed by atoms with Crippen LogP contribution in [-0.4, -0.2) is 12.2 Å². The van der Waals surface area contributed by atoms with Crippen LogP contribution in [0.15, 0.2) is 42.5 Å². The van der Waals surface area contributed by atoms with E-state index in [1.165, 1.54) is 18.2 Å². The third-order valence-electron chi connectivity index (χ3n) is 2.66. The molecule has 0 aliphatic carbocycles. The number of ether oxygens (including phenoxy) is 1. The first-order valence-corrected chi connectivity index (χ1v) is 5.76. The lowest BCUT2D eigenvalue weighted by Gasteiger charge is -2.14. The summed E-state index contributed by atoms with van der Waals surface area (Å²) in [5.74, 6) is 0.190. The quantitative estimate of drug-likeness (QED) is 0.920. The van der Waals surface area contributed by atoms with Crippen molar-refractivity contribution >= 4 is 11.6 Å². The first-order valence-electron chi connectivity index (χ1n) is 5.39. The molecule has 2 nitrogen and oxygen atoms in total. The molecule has 4 heteroatoms. The van der Waals surface area contributed by atoms with Gasteiger partial charge in [-0.15, -0.1) is 0 Å².